The van der Waals surface area contributed by atoms with E-state index in [9.17, 15) is 8.42 Å². The number of rotatable bonds is 8. The van der Waals surface area contributed by atoms with Crippen molar-refractivity contribution in [2.75, 3.05) is 25.4 Å². The molecule has 1 saturated heterocycles. The van der Waals surface area contributed by atoms with Gasteiger partial charge in [0.15, 0.2) is 0 Å². The van der Waals surface area contributed by atoms with E-state index in [0.717, 1.165) is 32.2 Å². The van der Waals surface area contributed by atoms with E-state index in [1.165, 1.54) is 12.8 Å². The van der Waals surface area contributed by atoms with Gasteiger partial charge in [-0.25, -0.2) is 12.7 Å². The van der Waals surface area contributed by atoms with Gasteiger partial charge in [-0.05, 0) is 38.6 Å². The lowest BCUT2D eigenvalue weighted by Gasteiger charge is -2.25. The summed E-state index contributed by atoms with van der Waals surface area (Å²) in [4.78, 5) is 0. The molecule has 4 nitrogen and oxygen atoms in total. The largest absolute Gasteiger partial charge is 0.314 e. The number of piperidine rings is 1. The van der Waals surface area contributed by atoms with Crippen LogP contribution in [0.3, 0.4) is 0 Å². The second kappa shape index (κ2) is 8.12. The Kier molecular flexibility index (Phi) is 7.19. The highest BCUT2D eigenvalue weighted by atomic mass is 32.2. The molecular weight excluding hydrogens is 248 g/mol. The summed E-state index contributed by atoms with van der Waals surface area (Å²) in [7, 11) is -3.05. The molecule has 1 fully saturated rings. The van der Waals surface area contributed by atoms with Crippen LogP contribution in [0.2, 0.25) is 0 Å². The van der Waals surface area contributed by atoms with Crippen LogP contribution >= 0.6 is 0 Å². The van der Waals surface area contributed by atoms with Crippen LogP contribution in [0.4, 0.5) is 0 Å². The van der Waals surface area contributed by atoms with E-state index in [0.29, 0.717) is 24.9 Å². The summed E-state index contributed by atoms with van der Waals surface area (Å²) >= 11 is 0. The minimum atomic E-state index is -3.05. The Labute approximate surface area is 112 Å². The molecule has 18 heavy (non-hydrogen) atoms. The maximum Gasteiger partial charge on any atom is 0.214 e. The fraction of sp³-hybridized carbons (Fsp3) is 1.00. The van der Waals surface area contributed by atoms with Gasteiger partial charge in [-0.3, -0.25) is 0 Å². The van der Waals surface area contributed by atoms with Crippen molar-refractivity contribution in [3.63, 3.8) is 0 Å². The van der Waals surface area contributed by atoms with E-state index in [2.05, 4.69) is 5.32 Å². The zero-order valence-electron chi connectivity index (χ0n) is 11.8. The molecular formula is C13H28N2O2S. The third kappa shape index (κ3) is 5.24. The molecule has 1 rings (SSSR count). The third-order valence-corrected chi connectivity index (χ3v) is 5.38. The van der Waals surface area contributed by atoms with Crippen molar-refractivity contribution in [3.8, 4) is 0 Å². The molecule has 0 radical (unpaired) electrons. The van der Waals surface area contributed by atoms with Crippen LogP contribution in [0, 0.1) is 0 Å². The van der Waals surface area contributed by atoms with Gasteiger partial charge in [0.25, 0.3) is 0 Å². The number of hydrogen-bond acceptors (Lipinski definition) is 3. The van der Waals surface area contributed by atoms with E-state index >= 15 is 0 Å². The summed E-state index contributed by atoms with van der Waals surface area (Å²) in [6.45, 7) is 6.42. The molecule has 0 bridgehead atoms. The van der Waals surface area contributed by atoms with Crippen molar-refractivity contribution in [1.82, 2.24) is 9.62 Å². The summed E-state index contributed by atoms with van der Waals surface area (Å²) in [5.41, 5.74) is 0. The first-order chi connectivity index (χ1) is 8.60. The van der Waals surface area contributed by atoms with Crippen molar-refractivity contribution in [3.05, 3.63) is 0 Å². The molecule has 1 atom stereocenters. The zero-order valence-corrected chi connectivity index (χ0v) is 12.6. The van der Waals surface area contributed by atoms with Crippen LogP contribution in [0.25, 0.3) is 0 Å². The van der Waals surface area contributed by atoms with Gasteiger partial charge in [0.1, 0.15) is 0 Å². The van der Waals surface area contributed by atoms with Crippen LogP contribution < -0.4 is 5.32 Å². The molecule has 1 unspecified atom stereocenters. The van der Waals surface area contributed by atoms with Crippen LogP contribution in [-0.4, -0.2) is 44.2 Å². The summed E-state index contributed by atoms with van der Waals surface area (Å²) in [6.07, 6.45) is 6.11. The second-order valence-corrected chi connectivity index (χ2v) is 7.24. The number of sulfonamides is 1. The Balaban J connectivity index is 2.45. The maximum absolute atomic E-state index is 12.3. The Morgan fingerprint density at radius 3 is 2.33 bits per heavy atom. The number of nitrogens with one attached hydrogen (secondary N) is 1. The lowest BCUT2D eigenvalue weighted by atomic mass is 10.0. The quantitative estimate of drug-likeness (QED) is 0.737. The van der Waals surface area contributed by atoms with Gasteiger partial charge in [-0.2, -0.15) is 0 Å². The predicted molar refractivity (Wildman–Crippen MR) is 76.2 cm³/mol. The normalized spacial score (nSPS) is 21.4. The van der Waals surface area contributed by atoms with E-state index in [1.807, 2.05) is 13.8 Å². The van der Waals surface area contributed by atoms with E-state index < -0.39 is 10.0 Å². The zero-order chi connectivity index (χ0) is 13.4. The minimum Gasteiger partial charge on any atom is -0.314 e. The van der Waals surface area contributed by atoms with E-state index in [1.54, 1.807) is 4.31 Å². The van der Waals surface area contributed by atoms with Crippen LogP contribution in [-0.2, 0) is 10.0 Å². The highest BCUT2D eigenvalue weighted by Crippen LogP contribution is 2.13. The average molecular weight is 276 g/mol. The van der Waals surface area contributed by atoms with E-state index in [-0.39, 0.29) is 0 Å². The van der Waals surface area contributed by atoms with Gasteiger partial charge in [0.05, 0.1) is 5.75 Å². The first kappa shape index (κ1) is 15.9. The van der Waals surface area contributed by atoms with Gasteiger partial charge in [0, 0.05) is 19.1 Å². The van der Waals surface area contributed by atoms with Crippen molar-refractivity contribution in [2.45, 2.75) is 58.4 Å². The average Bonchev–Trinajstić information content (AvgIpc) is 2.37. The van der Waals surface area contributed by atoms with E-state index in [4.69, 9.17) is 0 Å². The van der Waals surface area contributed by atoms with Gasteiger partial charge >= 0.3 is 0 Å². The maximum atomic E-state index is 12.3. The van der Waals surface area contributed by atoms with Crippen molar-refractivity contribution in [2.24, 2.45) is 0 Å². The minimum absolute atomic E-state index is 0.296. The lowest BCUT2D eigenvalue weighted by molar-refractivity contribution is 0.381. The molecule has 1 aliphatic rings. The lowest BCUT2D eigenvalue weighted by Crippen LogP contribution is -2.39. The molecule has 1 aliphatic heterocycles. The fourth-order valence-corrected chi connectivity index (χ4v) is 4.24. The Morgan fingerprint density at radius 1 is 1.17 bits per heavy atom. The monoisotopic (exact) mass is 276 g/mol. The van der Waals surface area contributed by atoms with Gasteiger partial charge in [-0.1, -0.05) is 20.3 Å². The summed E-state index contributed by atoms with van der Waals surface area (Å²) in [5, 5.41) is 3.41. The summed E-state index contributed by atoms with van der Waals surface area (Å²) in [6, 6.07) is 0.402. The Morgan fingerprint density at radius 2 is 1.83 bits per heavy atom. The predicted octanol–water partition coefficient (Wildman–Crippen LogP) is 1.97. The van der Waals surface area contributed by atoms with Crippen molar-refractivity contribution < 1.29 is 8.42 Å². The van der Waals surface area contributed by atoms with Gasteiger partial charge < -0.3 is 5.32 Å². The Hall–Kier alpha value is -0.130. The topological polar surface area (TPSA) is 49.4 Å². The van der Waals surface area contributed by atoms with Crippen LogP contribution in [0.15, 0.2) is 0 Å². The first-order valence-corrected chi connectivity index (χ1v) is 8.92. The fourth-order valence-electron chi connectivity index (χ4n) is 2.48. The standard InChI is InChI=1S/C13H28N2O2S/c1-3-10-15(11-4-2)18(16,17)12-8-13-7-5-6-9-14-13/h13-14H,3-12H2,1-2H3. The second-order valence-electron chi connectivity index (χ2n) is 5.15. The molecule has 0 aromatic rings. The molecule has 0 aromatic carbocycles. The first-order valence-electron chi connectivity index (χ1n) is 7.31. The molecule has 1 heterocycles. The van der Waals surface area contributed by atoms with Crippen LogP contribution in [0.5, 0.6) is 0 Å². The molecule has 0 aliphatic carbocycles. The highest BCUT2D eigenvalue weighted by Gasteiger charge is 2.22. The number of nitrogens with zero attached hydrogens (tertiary/aromatic N) is 1. The highest BCUT2D eigenvalue weighted by molar-refractivity contribution is 7.89. The smallest absolute Gasteiger partial charge is 0.214 e. The molecule has 108 valence electrons. The van der Waals surface area contributed by atoms with Crippen molar-refractivity contribution >= 4 is 10.0 Å². The van der Waals surface area contributed by atoms with Crippen LogP contribution in [0.1, 0.15) is 52.4 Å². The third-order valence-electron chi connectivity index (χ3n) is 3.48. The number of hydrogen-bond donors (Lipinski definition) is 1. The molecule has 5 heteroatoms. The SMILES string of the molecule is CCCN(CCC)S(=O)(=O)CCC1CCCCN1. The molecule has 0 aromatic heterocycles. The molecule has 1 N–H and O–H groups in total. The Bertz CT molecular complexity index is 305. The molecule has 0 saturated carbocycles. The molecule has 0 spiro atoms. The summed E-state index contributed by atoms with van der Waals surface area (Å²) in [5.74, 6) is 0.296. The van der Waals surface area contributed by atoms with Gasteiger partial charge in [0.2, 0.25) is 10.0 Å². The molecule has 0 amide bonds. The summed E-state index contributed by atoms with van der Waals surface area (Å²) < 4.78 is 26.2. The van der Waals surface area contributed by atoms with Crippen molar-refractivity contribution in [1.29, 1.82) is 0 Å². The van der Waals surface area contributed by atoms with Gasteiger partial charge in [-0.15, -0.1) is 0 Å².